The molecular weight excluding hydrogens is 422 g/mol. The van der Waals surface area contributed by atoms with Crippen molar-refractivity contribution in [1.29, 1.82) is 0 Å². The molecule has 9 nitrogen and oxygen atoms in total. The molecule has 5 rings (SSSR count). The Bertz CT molecular complexity index is 1350. The lowest BCUT2D eigenvalue weighted by atomic mass is 10.1. The molecule has 4 aromatic rings. The summed E-state index contributed by atoms with van der Waals surface area (Å²) in [7, 11) is 0. The van der Waals surface area contributed by atoms with Crippen molar-refractivity contribution in [2.75, 3.05) is 13.2 Å². The third-order valence-corrected chi connectivity index (χ3v) is 5.22. The molecule has 2 aromatic carbocycles. The second-order valence-electron chi connectivity index (χ2n) is 7.15. The maximum Gasteiger partial charge on any atom is 0.277 e. The van der Waals surface area contributed by atoms with Crippen LogP contribution in [0.4, 0.5) is 0 Å². The molecular formula is C21H16ClN5O4. The lowest BCUT2D eigenvalue weighted by Crippen LogP contribution is -2.28. The summed E-state index contributed by atoms with van der Waals surface area (Å²) in [6, 6.07) is 13.6. The summed E-state index contributed by atoms with van der Waals surface area (Å²) in [4.78, 5) is 32.9. The zero-order valence-electron chi connectivity index (χ0n) is 16.0. The van der Waals surface area contributed by atoms with E-state index in [1.165, 1.54) is 4.68 Å². The molecule has 2 aromatic heterocycles. The fraction of sp³-hybridized carbons (Fsp3) is 0.143. The Morgan fingerprint density at radius 2 is 2.00 bits per heavy atom. The molecule has 0 spiro atoms. The molecule has 1 atom stereocenters. The Labute approximate surface area is 180 Å². The SMILES string of the molecule is O=C(c1ccc(-n2cc(-c3cc4cc(Cl)ccc4[nH]c3=O)nn2)cc1)N1C[C@@H](O)CO1. The predicted octanol–water partition coefficient (Wildman–Crippen LogP) is 2.18. The molecule has 0 saturated carbocycles. The average Bonchev–Trinajstić information content (AvgIpc) is 3.43. The van der Waals surface area contributed by atoms with Crippen LogP contribution in [0.5, 0.6) is 0 Å². The molecule has 0 radical (unpaired) electrons. The minimum Gasteiger partial charge on any atom is -0.389 e. The number of fused-ring (bicyclic) bond motifs is 1. The number of aromatic amines is 1. The first-order valence-electron chi connectivity index (χ1n) is 9.46. The number of H-pyrrole nitrogens is 1. The van der Waals surface area contributed by atoms with Crippen molar-refractivity contribution in [3.8, 4) is 16.9 Å². The Morgan fingerprint density at radius 3 is 2.74 bits per heavy atom. The monoisotopic (exact) mass is 437 g/mol. The number of benzene rings is 2. The summed E-state index contributed by atoms with van der Waals surface area (Å²) in [5.41, 5.74) is 2.26. The summed E-state index contributed by atoms with van der Waals surface area (Å²) in [6.45, 7) is 0.240. The topological polar surface area (TPSA) is 113 Å². The number of nitrogens with one attached hydrogen (secondary N) is 1. The number of aromatic nitrogens is 4. The van der Waals surface area contributed by atoms with E-state index in [2.05, 4.69) is 15.3 Å². The molecule has 0 aliphatic carbocycles. The number of rotatable bonds is 3. The minimum atomic E-state index is -0.675. The van der Waals surface area contributed by atoms with Gasteiger partial charge in [0.15, 0.2) is 0 Å². The van der Waals surface area contributed by atoms with E-state index in [9.17, 15) is 14.7 Å². The van der Waals surface area contributed by atoms with Gasteiger partial charge in [-0.25, -0.2) is 9.75 Å². The van der Waals surface area contributed by atoms with Crippen LogP contribution in [0.15, 0.2) is 59.5 Å². The van der Waals surface area contributed by atoms with Crippen molar-refractivity contribution >= 4 is 28.4 Å². The van der Waals surface area contributed by atoms with Crippen LogP contribution in [0.3, 0.4) is 0 Å². The highest BCUT2D eigenvalue weighted by Gasteiger charge is 2.27. The van der Waals surface area contributed by atoms with Gasteiger partial charge in [-0.3, -0.25) is 14.4 Å². The van der Waals surface area contributed by atoms with Gasteiger partial charge in [0.2, 0.25) is 0 Å². The highest BCUT2D eigenvalue weighted by atomic mass is 35.5. The van der Waals surface area contributed by atoms with Crippen molar-refractivity contribution in [3.05, 3.63) is 75.7 Å². The Morgan fingerprint density at radius 1 is 1.19 bits per heavy atom. The number of halogens is 1. The van der Waals surface area contributed by atoms with Gasteiger partial charge in [0, 0.05) is 21.5 Å². The smallest absolute Gasteiger partial charge is 0.277 e. The van der Waals surface area contributed by atoms with Gasteiger partial charge in [-0.2, -0.15) is 0 Å². The summed E-state index contributed by atoms with van der Waals surface area (Å²) >= 11 is 6.05. The number of amides is 1. The zero-order chi connectivity index (χ0) is 21.5. The summed E-state index contributed by atoms with van der Waals surface area (Å²) in [5, 5.41) is 20.2. The molecule has 156 valence electrons. The average molecular weight is 438 g/mol. The van der Waals surface area contributed by atoms with Crippen molar-refractivity contribution in [2.24, 2.45) is 0 Å². The summed E-state index contributed by atoms with van der Waals surface area (Å²) in [5.74, 6) is -0.330. The van der Waals surface area contributed by atoms with Gasteiger partial charge < -0.3 is 10.1 Å². The molecule has 2 N–H and O–H groups in total. The first-order chi connectivity index (χ1) is 15.0. The van der Waals surface area contributed by atoms with Gasteiger partial charge in [-0.1, -0.05) is 16.8 Å². The lowest BCUT2D eigenvalue weighted by molar-refractivity contribution is -0.0779. The van der Waals surface area contributed by atoms with Crippen LogP contribution in [-0.2, 0) is 4.84 Å². The Kier molecular flexibility index (Phi) is 4.78. The fourth-order valence-electron chi connectivity index (χ4n) is 3.40. The number of nitrogens with zero attached hydrogens (tertiary/aromatic N) is 4. The third kappa shape index (κ3) is 3.70. The van der Waals surface area contributed by atoms with Gasteiger partial charge in [0.1, 0.15) is 18.4 Å². The van der Waals surface area contributed by atoms with Crippen molar-refractivity contribution in [3.63, 3.8) is 0 Å². The number of carbonyl (C=O) groups excluding carboxylic acids is 1. The van der Waals surface area contributed by atoms with Gasteiger partial charge in [0.25, 0.3) is 11.5 Å². The standard InChI is InChI=1S/C21H16ClN5O4/c22-14-3-6-18-13(7-14)8-17(20(29)23-18)19-10-26(25-24-19)15-4-1-12(2-5-15)21(30)27-9-16(28)11-31-27/h1-8,10,16,28H,9,11H2,(H,23,29)/t16-/m1/s1. The number of aliphatic hydroxyl groups is 1. The fourth-order valence-corrected chi connectivity index (χ4v) is 3.58. The Hall–Kier alpha value is -3.53. The number of β-amino-alcohol motifs (C(OH)–C–C–N with tert-alkyl or cyclic N) is 1. The van der Waals surface area contributed by atoms with Gasteiger partial charge >= 0.3 is 0 Å². The molecule has 1 fully saturated rings. The molecule has 31 heavy (non-hydrogen) atoms. The van der Waals surface area contributed by atoms with Crippen LogP contribution in [0.25, 0.3) is 27.8 Å². The van der Waals surface area contributed by atoms with Gasteiger partial charge in [0.05, 0.1) is 24.0 Å². The molecule has 1 aliphatic heterocycles. The van der Waals surface area contributed by atoms with Crippen LogP contribution < -0.4 is 5.56 Å². The second-order valence-corrected chi connectivity index (χ2v) is 7.59. The second kappa shape index (κ2) is 7.62. The number of carbonyl (C=O) groups is 1. The number of aliphatic hydroxyl groups excluding tert-OH is 1. The van der Waals surface area contributed by atoms with E-state index in [-0.39, 0.29) is 24.6 Å². The van der Waals surface area contributed by atoms with Crippen LogP contribution in [0.2, 0.25) is 5.02 Å². The third-order valence-electron chi connectivity index (χ3n) is 4.98. The lowest BCUT2D eigenvalue weighted by Gasteiger charge is -2.13. The van der Waals surface area contributed by atoms with Crippen LogP contribution >= 0.6 is 11.6 Å². The van der Waals surface area contributed by atoms with Crippen LogP contribution in [-0.4, -0.2) is 55.3 Å². The van der Waals surface area contributed by atoms with E-state index < -0.39 is 6.10 Å². The van der Waals surface area contributed by atoms with E-state index in [0.29, 0.717) is 33.0 Å². The molecule has 0 bridgehead atoms. The van der Waals surface area contributed by atoms with E-state index >= 15 is 0 Å². The molecule has 10 heteroatoms. The largest absolute Gasteiger partial charge is 0.389 e. The number of hydrogen-bond donors (Lipinski definition) is 2. The Balaban J connectivity index is 1.42. The van der Waals surface area contributed by atoms with E-state index in [1.54, 1.807) is 54.7 Å². The van der Waals surface area contributed by atoms with Crippen LogP contribution in [0.1, 0.15) is 10.4 Å². The first kappa shape index (κ1) is 19.4. The zero-order valence-corrected chi connectivity index (χ0v) is 16.8. The molecule has 1 amide bonds. The summed E-state index contributed by atoms with van der Waals surface area (Å²) < 4.78 is 1.52. The van der Waals surface area contributed by atoms with E-state index in [4.69, 9.17) is 16.4 Å². The van der Waals surface area contributed by atoms with E-state index in [1.807, 2.05) is 0 Å². The number of hydrogen-bond acceptors (Lipinski definition) is 6. The van der Waals surface area contributed by atoms with Crippen molar-refractivity contribution in [1.82, 2.24) is 25.0 Å². The normalized spacial score (nSPS) is 16.2. The highest BCUT2D eigenvalue weighted by Crippen LogP contribution is 2.22. The number of pyridine rings is 1. The summed E-state index contributed by atoms with van der Waals surface area (Å²) in [6.07, 6.45) is 0.962. The minimum absolute atomic E-state index is 0.103. The van der Waals surface area contributed by atoms with Crippen molar-refractivity contribution < 1.29 is 14.7 Å². The quantitative estimate of drug-likeness (QED) is 0.508. The van der Waals surface area contributed by atoms with E-state index in [0.717, 1.165) is 10.4 Å². The molecule has 1 saturated heterocycles. The molecule has 1 aliphatic rings. The maximum absolute atomic E-state index is 12.5. The maximum atomic E-state index is 12.5. The predicted molar refractivity (Wildman–Crippen MR) is 113 cm³/mol. The van der Waals surface area contributed by atoms with Gasteiger partial charge in [-0.15, -0.1) is 5.10 Å². The first-order valence-corrected chi connectivity index (χ1v) is 9.84. The molecule has 0 unspecified atom stereocenters. The molecule has 3 heterocycles. The van der Waals surface area contributed by atoms with Gasteiger partial charge in [-0.05, 0) is 48.5 Å². The van der Waals surface area contributed by atoms with Crippen LogP contribution in [0, 0.1) is 0 Å². The van der Waals surface area contributed by atoms with Crippen molar-refractivity contribution in [2.45, 2.75) is 6.10 Å². The number of hydroxylamine groups is 2. The highest BCUT2D eigenvalue weighted by molar-refractivity contribution is 6.31.